The molecule has 1 aliphatic rings. The lowest BCUT2D eigenvalue weighted by Crippen LogP contribution is -2.30. The Balaban J connectivity index is 1.85. The summed E-state index contributed by atoms with van der Waals surface area (Å²) in [4.78, 5) is 2.30. The summed E-state index contributed by atoms with van der Waals surface area (Å²) >= 11 is 5.89. The van der Waals surface area contributed by atoms with Crippen molar-refractivity contribution in [2.45, 2.75) is 12.8 Å². The maximum atomic E-state index is 11.1. The summed E-state index contributed by atoms with van der Waals surface area (Å²) in [6.07, 6.45) is 5.23. The van der Waals surface area contributed by atoms with Crippen LogP contribution in [0.15, 0.2) is 30.3 Å². The van der Waals surface area contributed by atoms with Crippen LogP contribution < -0.4 is 0 Å². The number of hydrogen-bond donors (Lipinski definition) is 0. The summed E-state index contributed by atoms with van der Waals surface area (Å²) in [5.74, 6) is 0.275. The molecule has 1 heterocycles. The van der Waals surface area contributed by atoms with Gasteiger partial charge in [0.05, 0.1) is 5.75 Å². The van der Waals surface area contributed by atoms with Crippen LogP contribution in [0.5, 0.6) is 0 Å². The predicted octanol–water partition coefficient (Wildman–Crippen LogP) is 2.86. The molecule has 0 amide bonds. The van der Waals surface area contributed by atoms with Crippen molar-refractivity contribution >= 4 is 27.0 Å². The highest BCUT2D eigenvalue weighted by molar-refractivity contribution is 7.90. The minimum absolute atomic E-state index is 0.275. The van der Waals surface area contributed by atoms with E-state index in [2.05, 4.69) is 11.0 Å². The molecular weight excluding hydrogens is 294 g/mol. The molecule has 0 N–H and O–H groups in total. The second-order valence-corrected chi connectivity index (χ2v) is 7.97. The predicted molar refractivity (Wildman–Crippen MR) is 84.8 cm³/mol. The van der Waals surface area contributed by atoms with Gasteiger partial charge in [0, 0.05) is 24.4 Å². The molecule has 2 rings (SSSR count). The van der Waals surface area contributed by atoms with Crippen molar-refractivity contribution in [3.63, 3.8) is 0 Å². The van der Waals surface area contributed by atoms with Crippen LogP contribution in [-0.4, -0.2) is 45.0 Å². The minimum Gasteiger partial charge on any atom is -0.299 e. The molecule has 1 aromatic carbocycles. The average molecular weight is 314 g/mol. The van der Waals surface area contributed by atoms with Crippen LogP contribution in [0.25, 0.3) is 5.57 Å². The van der Waals surface area contributed by atoms with Crippen LogP contribution in [0.1, 0.15) is 18.4 Å². The molecule has 1 aromatic rings. The first-order valence-electron chi connectivity index (χ1n) is 6.79. The lowest BCUT2D eigenvalue weighted by atomic mass is 9.99. The third-order valence-corrected chi connectivity index (χ3v) is 4.78. The van der Waals surface area contributed by atoms with Gasteiger partial charge in [0.1, 0.15) is 9.84 Å². The van der Waals surface area contributed by atoms with Gasteiger partial charge >= 0.3 is 0 Å². The maximum Gasteiger partial charge on any atom is 0.147 e. The number of sulfone groups is 1. The zero-order chi connectivity index (χ0) is 14.6. The van der Waals surface area contributed by atoms with Crippen molar-refractivity contribution in [3.05, 3.63) is 40.9 Å². The van der Waals surface area contributed by atoms with Gasteiger partial charge in [-0.05, 0) is 42.7 Å². The smallest absolute Gasteiger partial charge is 0.147 e. The summed E-state index contributed by atoms with van der Waals surface area (Å²) in [6, 6.07) is 7.92. The van der Waals surface area contributed by atoms with E-state index < -0.39 is 9.84 Å². The van der Waals surface area contributed by atoms with Gasteiger partial charge in [0.2, 0.25) is 0 Å². The molecular formula is C15H20ClNO2S. The van der Waals surface area contributed by atoms with E-state index in [0.29, 0.717) is 6.42 Å². The second-order valence-electron chi connectivity index (χ2n) is 5.27. The van der Waals surface area contributed by atoms with Gasteiger partial charge < -0.3 is 0 Å². The van der Waals surface area contributed by atoms with Crippen molar-refractivity contribution < 1.29 is 8.42 Å². The highest BCUT2D eigenvalue weighted by atomic mass is 35.5. The van der Waals surface area contributed by atoms with E-state index in [1.165, 1.54) is 17.4 Å². The lowest BCUT2D eigenvalue weighted by molar-refractivity contribution is 0.303. The number of rotatable bonds is 5. The lowest BCUT2D eigenvalue weighted by Gasteiger charge is -2.26. The van der Waals surface area contributed by atoms with E-state index in [0.717, 1.165) is 31.1 Å². The van der Waals surface area contributed by atoms with Crippen molar-refractivity contribution in [3.8, 4) is 0 Å². The fraction of sp³-hybridized carbons (Fsp3) is 0.467. The normalized spacial score (nSPS) is 17.0. The van der Waals surface area contributed by atoms with Gasteiger partial charge in [0.15, 0.2) is 0 Å². The van der Waals surface area contributed by atoms with Crippen molar-refractivity contribution in [1.29, 1.82) is 0 Å². The molecule has 1 aliphatic heterocycles. The summed E-state index contributed by atoms with van der Waals surface area (Å²) in [5.41, 5.74) is 2.58. The first-order valence-corrected chi connectivity index (χ1v) is 9.23. The Hall–Kier alpha value is -0.840. The molecule has 0 aliphatic carbocycles. The molecule has 0 bridgehead atoms. The third-order valence-electron chi connectivity index (χ3n) is 3.50. The minimum atomic E-state index is -2.84. The molecule has 0 saturated heterocycles. The van der Waals surface area contributed by atoms with E-state index in [1.54, 1.807) is 0 Å². The SMILES string of the molecule is CS(=O)(=O)CCCN1CC=C(c2ccc(Cl)cc2)CC1. The topological polar surface area (TPSA) is 37.4 Å². The molecule has 5 heteroatoms. The molecule has 0 saturated carbocycles. The molecule has 0 spiro atoms. The van der Waals surface area contributed by atoms with Crippen LogP contribution >= 0.6 is 11.6 Å². The largest absolute Gasteiger partial charge is 0.299 e. The van der Waals surface area contributed by atoms with Crippen LogP contribution in [-0.2, 0) is 9.84 Å². The number of halogens is 1. The van der Waals surface area contributed by atoms with Crippen molar-refractivity contribution in [2.75, 3.05) is 31.6 Å². The first-order chi connectivity index (χ1) is 9.44. The highest BCUT2D eigenvalue weighted by Gasteiger charge is 2.13. The second kappa shape index (κ2) is 6.74. The molecule has 20 heavy (non-hydrogen) atoms. The monoisotopic (exact) mass is 313 g/mol. The fourth-order valence-corrected chi connectivity index (χ4v) is 3.17. The molecule has 0 radical (unpaired) electrons. The molecule has 0 fully saturated rings. The van der Waals surface area contributed by atoms with Gasteiger partial charge in [0.25, 0.3) is 0 Å². The van der Waals surface area contributed by atoms with Gasteiger partial charge in [-0.15, -0.1) is 0 Å². The Morgan fingerprint density at radius 2 is 1.95 bits per heavy atom. The molecule has 110 valence electrons. The average Bonchev–Trinajstić information content (AvgIpc) is 2.39. The summed E-state index contributed by atoms with van der Waals surface area (Å²) in [7, 11) is -2.84. The Bertz CT molecular complexity index is 578. The summed E-state index contributed by atoms with van der Waals surface area (Å²) < 4.78 is 22.2. The van der Waals surface area contributed by atoms with Gasteiger partial charge in [-0.2, -0.15) is 0 Å². The molecule has 0 aromatic heterocycles. The van der Waals surface area contributed by atoms with E-state index in [1.807, 2.05) is 24.3 Å². The van der Waals surface area contributed by atoms with Crippen LogP contribution in [0.4, 0.5) is 0 Å². The zero-order valence-corrected chi connectivity index (χ0v) is 13.3. The van der Waals surface area contributed by atoms with E-state index in [-0.39, 0.29) is 5.75 Å². The number of benzene rings is 1. The van der Waals surface area contributed by atoms with Crippen molar-refractivity contribution in [2.24, 2.45) is 0 Å². The van der Waals surface area contributed by atoms with E-state index >= 15 is 0 Å². The quantitative estimate of drug-likeness (QED) is 0.839. The molecule has 3 nitrogen and oxygen atoms in total. The highest BCUT2D eigenvalue weighted by Crippen LogP contribution is 2.23. The maximum absolute atomic E-state index is 11.1. The van der Waals surface area contributed by atoms with E-state index in [4.69, 9.17) is 11.6 Å². The molecule has 0 unspecified atom stereocenters. The summed E-state index contributed by atoms with van der Waals surface area (Å²) in [6.45, 7) is 2.72. The van der Waals surface area contributed by atoms with Crippen molar-refractivity contribution in [1.82, 2.24) is 4.90 Å². The zero-order valence-electron chi connectivity index (χ0n) is 11.7. The Morgan fingerprint density at radius 3 is 2.50 bits per heavy atom. The number of nitrogens with zero attached hydrogens (tertiary/aromatic N) is 1. The Morgan fingerprint density at radius 1 is 1.25 bits per heavy atom. The van der Waals surface area contributed by atoms with Crippen LogP contribution in [0.3, 0.4) is 0 Å². The van der Waals surface area contributed by atoms with Crippen LogP contribution in [0.2, 0.25) is 5.02 Å². The van der Waals surface area contributed by atoms with Crippen LogP contribution in [0, 0.1) is 0 Å². The first kappa shape index (κ1) is 15.5. The Kier molecular flexibility index (Phi) is 5.24. The van der Waals surface area contributed by atoms with Gasteiger partial charge in [-0.1, -0.05) is 29.8 Å². The Labute approximate surface area is 126 Å². The van der Waals surface area contributed by atoms with Gasteiger partial charge in [-0.25, -0.2) is 8.42 Å². The fourth-order valence-electron chi connectivity index (χ4n) is 2.39. The van der Waals surface area contributed by atoms with E-state index in [9.17, 15) is 8.42 Å². The standard InChI is InChI=1S/C15H20ClNO2S/c1-20(18,19)12-2-9-17-10-7-14(8-11-17)13-3-5-15(16)6-4-13/h3-7H,2,8-12H2,1H3. The summed E-state index contributed by atoms with van der Waals surface area (Å²) in [5, 5.41) is 0.757. The molecule has 0 atom stereocenters. The third kappa shape index (κ3) is 4.93. The number of hydrogen-bond acceptors (Lipinski definition) is 3. The van der Waals surface area contributed by atoms with Gasteiger partial charge in [-0.3, -0.25) is 4.90 Å².